The smallest absolute Gasteiger partial charge is 0.342 e. The van der Waals surface area contributed by atoms with Gasteiger partial charge in [-0.25, -0.2) is 14.0 Å². The van der Waals surface area contributed by atoms with Gasteiger partial charge in [-0.3, -0.25) is 9.59 Å². The average molecular weight is 418 g/mol. The second kappa shape index (κ2) is 9.12. The Bertz CT molecular complexity index is 1120. The molecule has 1 amide bonds. The predicted molar refractivity (Wildman–Crippen MR) is 117 cm³/mol. The number of aryl methyl sites for hydroxylation is 1. The molecule has 2 aromatic carbocycles. The number of carbonyl (C=O) groups is 2. The number of ketones is 1. The predicted octanol–water partition coefficient (Wildman–Crippen LogP) is 2.94. The molecule has 0 saturated carbocycles. The summed E-state index contributed by atoms with van der Waals surface area (Å²) in [6.45, 7) is 1.17. The summed E-state index contributed by atoms with van der Waals surface area (Å²) in [5.41, 5.74) is 1.21. The Hall–Kier alpha value is -3.48. The third kappa shape index (κ3) is 4.50. The van der Waals surface area contributed by atoms with Crippen molar-refractivity contribution in [1.82, 2.24) is 19.2 Å². The van der Waals surface area contributed by atoms with E-state index >= 15 is 0 Å². The molecule has 0 bridgehead atoms. The Morgan fingerprint density at radius 1 is 1.00 bits per heavy atom. The summed E-state index contributed by atoms with van der Waals surface area (Å²) in [7, 11) is 1.65. The number of Topliss-reactive ketones (excluding diaryl/α,β-unsaturated/α-hetero) is 1. The molecule has 1 saturated heterocycles. The van der Waals surface area contributed by atoms with E-state index in [-0.39, 0.29) is 36.1 Å². The van der Waals surface area contributed by atoms with E-state index in [9.17, 15) is 14.4 Å². The molecule has 1 aliphatic rings. The van der Waals surface area contributed by atoms with Gasteiger partial charge in [0.1, 0.15) is 5.82 Å². The van der Waals surface area contributed by atoms with Gasteiger partial charge in [-0.15, -0.1) is 0 Å². The summed E-state index contributed by atoms with van der Waals surface area (Å²) in [4.78, 5) is 39.7. The minimum absolute atomic E-state index is 0.0230. The molecule has 2 heterocycles. The fraction of sp³-hybridized carbons (Fsp3) is 0.333. The van der Waals surface area contributed by atoms with E-state index < -0.39 is 0 Å². The summed E-state index contributed by atoms with van der Waals surface area (Å²) in [6.07, 6.45) is 2.08. The normalized spacial score (nSPS) is 16.3. The highest BCUT2D eigenvalue weighted by molar-refractivity contribution is 5.97. The maximum Gasteiger partial charge on any atom is 0.350 e. The number of likely N-dealkylation sites (tertiary alicyclic amines) is 1. The van der Waals surface area contributed by atoms with E-state index in [0.717, 1.165) is 18.5 Å². The minimum Gasteiger partial charge on any atom is -0.342 e. The van der Waals surface area contributed by atoms with E-state index in [2.05, 4.69) is 5.10 Å². The molecule has 0 N–H and O–H groups in total. The van der Waals surface area contributed by atoms with Gasteiger partial charge in [-0.1, -0.05) is 48.5 Å². The van der Waals surface area contributed by atoms with Crippen LogP contribution in [0.4, 0.5) is 0 Å². The SMILES string of the molecule is Cn1nc(C2CCCN(C(=O)CCC(=O)c3ccccc3)C2)n(-c2ccccc2)c1=O. The molecular formula is C24H26N4O3. The van der Waals surface area contributed by atoms with Crippen LogP contribution in [0.2, 0.25) is 0 Å². The third-order valence-corrected chi connectivity index (χ3v) is 5.77. The fourth-order valence-corrected chi connectivity index (χ4v) is 4.13. The van der Waals surface area contributed by atoms with E-state index in [1.807, 2.05) is 48.5 Å². The first-order valence-corrected chi connectivity index (χ1v) is 10.6. The summed E-state index contributed by atoms with van der Waals surface area (Å²) < 4.78 is 2.99. The van der Waals surface area contributed by atoms with Crippen LogP contribution in [0.5, 0.6) is 0 Å². The van der Waals surface area contributed by atoms with Crippen LogP contribution >= 0.6 is 0 Å². The Balaban J connectivity index is 1.47. The molecule has 1 aromatic heterocycles. The van der Waals surface area contributed by atoms with Crippen molar-refractivity contribution >= 4 is 11.7 Å². The van der Waals surface area contributed by atoms with Crippen molar-refractivity contribution in [2.75, 3.05) is 13.1 Å². The largest absolute Gasteiger partial charge is 0.350 e. The van der Waals surface area contributed by atoms with Crippen molar-refractivity contribution in [3.05, 3.63) is 82.5 Å². The van der Waals surface area contributed by atoms with Crippen molar-refractivity contribution in [3.63, 3.8) is 0 Å². The molecule has 1 fully saturated rings. The van der Waals surface area contributed by atoms with Crippen molar-refractivity contribution < 1.29 is 9.59 Å². The van der Waals surface area contributed by atoms with Crippen LogP contribution in [0, 0.1) is 0 Å². The van der Waals surface area contributed by atoms with Crippen molar-refractivity contribution in [2.24, 2.45) is 7.05 Å². The topological polar surface area (TPSA) is 77.2 Å². The molecule has 3 aromatic rings. The van der Waals surface area contributed by atoms with Gasteiger partial charge < -0.3 is 4.90 Å². The maximum atomic E-state index is 12.8. The number of amides is 1. The van der Waals surface area contributed by atoms with Crippen LogP contribution in [0.15, 0.2) is 65.5 Å². The fourth-order valence-electron chi connectivity index (χ4n) is 4.13. The summed E-state index contributed by atoms with van der Waals surface area (Å²) >= 11 is 0. The molecule has 1 aliphatic heterocycles. The summed E-state index contributed by atoms with van der Waals surface area (Å²) in [5.74, 6) is 0.594. The highest BCUT2D eigenvalue weighted by Crippen LogP contribution is 2.27. The highest BCUT2D eigenvalue weighted by atomic mass is 16.2. The van der Waals surface area contributed by atoms with Crippen LogP contribution < -0.4 is 5.69 Å². The molecule has 0 aliphatic carbocycles. The Kier molecular flexibility index (Phi) is 6.11. The third-order valence-electron chi connectivity index (χ3n) is 5.77. The Labute approximate surface area is 180 Å². The lowest BCUT2D eigenvalue weighted by Gasteiger charge is -2.32. The second-order valence-electron chi connectivity index (χ2n) is 7.90. The first-order valence-electron chi connectivity index (χ1n) is 10.6. The second-order valence-corrected chi connectivity index (χ2v) is 7.90. The van der Waals surface area contributed by atoms with Gasteiger partial charge in [-0.05, 0) is 25.0 Å². The zero-order valence-electron chi connectivity index (χ0n) is 17.6. The number of benzene rings is 2. The van der Waals surface area contributed by atoms with E-state index in [1.54, 1.807) is 28.6 Å². The summed E-state index contributed by atoms with van der Waals surface area (Å²) in [5, 5.41) is 4.49. The van der Waals surface area contributed by atoms with E-state index in [0.29, 0.717) is 24.5 Å². The van der Waals surface area contributed by atoms with Crippen LogP contribution in [0.1, 0.15) is 47.8 Å². The van der Waals surface area contributed by atoms with Crippen LogP contribution in [0.25, 0.3) is 5.69 Å². The molecule has 160 valence electrons. The molecule has 1 atom stereocenters. The number of nitrogens with zero attached hydrogens (tertiary/aromatic N) is 4. The standard InChI is InChI=1S/C24H26N4O3/c1-26-24(31)28(20-12-6-3-7-13-20)23(25-26)19-11-8-16-27(17-19)22(30)15-14-21(29)18-9-4-2-5-10-18/h2-7,9-10,12-13,19H,8,11,14-17H2,1H3. The molecule has 1 unspecified atom stereocenters. The lowest BCUT2D eigenvalue weighted by atomic mass is 9.96. The van der Waals surface area contributed by atoms with Gasteiger partial charge in [0, 0.05) is 44.5 Å². The van der Waals surface area contributed by atoms with Crippen molar-refractivity contribution in [1.29, 1.82) is 0 Å². The van der Waals surface area contributed by atoms with Crippen LogP contribution in [-0.2, 0) is 11.8 Å². The van der Waals surface area contributed by atoms with Crippen molar-refractivity contribution in [3.8, 4) is 5.69 Å². The number of piperidine rings is 1. The van der Waals surface area contributed by atoms with Crippen molar-refractivity contribution in [2.45, 2.75) is 31.6 Å². The Morgan fingerprint density at radius 3 is 2.39 bits per heavy atom. The number of hydrogen-bond acceptors (Lipinski definition) is 4. The number of aromatic nitrogens is 3. The zero-order chi connectivity index (χ0) is 21.8. The number of rotatable bonds is 6. The quantitative estimate of drug-likeness (QED) is 0.577. The van der Waals surface area contributed by atoms with Gasteiger partial charge in [0.15, 0.2) is 5.78 Å². The monoisotopic (exact) mass is 418 g/mol. The molecule has 7 nitrogen and oxygen atoms in total. The Morgan fingerprint density at radius 2 is 1.68 bits per heavy atom. The zero-order valence-corrected chi connectivity index (χ0v) is 17.6. The van der Waals surface area contributed by atoms with E-state index in [1.165, 1.54) is 4.68 Å². The van der Waals surface area contributed by atoms with Gasteiger partial charge in [-0.2, -0.15) is 5.10 Å². The summed E-state index contributed by atoms with van der Waals surface area (Å²) in [6, 6.07) is 18.5. The molecule has 31 heavy (non-hydrogen) atoms. The molecular weight excluding hydrogens is 392 g/mol. The lowest BCUT2D eigenvalue weighted by molar-refractivity contribution is -0.132. The van der Waals surface area contributed by atoms with Gasteiger partial charge >= 0.3 is 5.69 Å². The lowest BCUT2D eigenvalue weighted by Crippen LogP contribution is -2.40. The average Bonchev–Trinajstić information content (AvgIpc) is 3.12. The maximum absolute atomic E-state index is 12.8. The molecule has 0 spiro atoms. The van der Waals surface area contributed by atoms with E-state index in [4.69, 9.17) is 0 Å². The number of para-hydroxylation sites is 1. The molecule has 0 radical (unpaired) electrons. The first kappa shape index (κ1) is 20.8. The highest BCUT2D eigenvalue weighted by Gasteiger charge is 2.29. The molecule has 7 heteroatoms. The van der Waals surface area contributed by atoms with Gasteiger partial charge in [0.2, 0.25) is 5.91 Å². The minimum atomic E-state index is -0.196. The number of hydrogen-bond donors (Lipinski definition) is 0. The number of carbonyl (C=O) groups excluding carboxylic acids is 2. The molecule has 4 rings (SSSR count). The van der Waals surface area contributed by atoms with Gasteiger partial charge in [0.25, 0.3) is 0 Å². The van der Waals surface area contributed by atoms with Crippen LogP contribution in [-0.4, -0.2) is 44.0 Å². The van der Waals surface area contributed by atoms with Crippen LogP contribution in [0.3, 0.4) is 0 Å². The van der Waals surface area contributed by atoms with Gasteiger partial charge in [0.05, 0.1) is 5.69 Å². The first-order chi connectivity index (χ1) is 15.0.